The van der Waals surface area contributed by atoms with Gasteiger partial charge in [0.15, 0.2) is 6.61 Å². The van der Waals surface area contributed by atoms with Crippen LogP contribution >= 0.6 is 0 Å². The second-order valence-corrected chi connectivity index (χ2v) is 7.54. The number of carbonyl (C=O) groups is 4. The Labute approximate surface area is 153 Å². The zero-order chi connectivity index (χ0) is 18.7. The van der Waals surface area contributed by atoms with Crippen molar-refractivity contribution in [1.29, 1.82) is 0 Å². The van der Waals surface area contributed by atoms with Gasteiger partial charge in [-0.1, -0.05) is 19.8 Å². The molecule has 3 aliphatic rings. The minimum atomic E-state index is -0.890. The van der Waals surface area contributed by atoms with E-state index in [1.54, 1.807) is 4.90 Å². The van der Waals surface area contributed by atoms with Crippen LogP contribution in [0, 0.1) is 5.92 Å². The van der Waals surface area contributed by atoms with Gasteiger partial charge in [0.05, 0.1) is 0 Å². The minimum Gasteiger partial charge on any atom is -0.454 e. The van der Waals surface area contributed by atoms with Gasteiger partial charge in [-0.25, -0.2) is 4.79 Å². The number of nitrogens with one attached hydrogen (secondary N) is 1. The van der Waals surface area contributed by atoms with E-state index < -0.39 is 24.1 Å². The van der Waals surface area contributed by atoms with E-state index in [0.29, 0.717) is 19.5 Å². The Kier molecular flexibility index (Phi) is 5.48. The number of urea groups is 1. The summed E-state index contributed by atoms with van der Waals surface area (Å²) in [4.78, 5) is 51.7. The van der Waals surface area contributed by atoms with E-state index in [9.17, 15) is 19.2 Å². The molecule has 2 aliphatic heterocycles. The molecule has 2 atom stereocenters. The van der Waals surface area contributed by atoms with Gasteiger partial charge in [-0.05, 0) is 38.0 Å². The number of nitrogens with zero attached hydrogens (tertiary/aromatic N) is 2. The van der Waals surface area contributed by atoms with E-state index in [2.05, 4.69) is 5.32 Å². The number of hydrogen-bond donors (Lipinski definition) is 1. The predicted octanol–water partition coefficient (Wildman–Crippen LogP) is 1.04. The van der Waals surface area contributed by atoms with Crippen LogP contribution < -0.4 is 5.32 Å². The third kappa shape index (κ3) is 3.54. The molecule has 0 radical (unpaired) electrons. The molecule has 1 N–H and O–H groups in total. The first-order valence-electron chi connectivity index (χ1n) is 9.51. The van der Waals surface area contributed by atoms with Crippen molar-refractivity contribution in [2.45, 2.75) is 57.4 Å². The van der Waals surface area contributed by atoms with Crippen molar-refractivity contribution < 1.29 is 23.9 Å². The van der Waals surface area contributed by atoms with Gasteiger partial charge < -0.3 is 15.0 Å². The number of likely N-dealkylation sites (tertiary alicyclic amines) is 1. The summed E-state index contributed by atoms with van der Waals surface area (Å²) in [5.74, 6) is -1.28. The Bertz CT molecular complexity index is 602. The van der Waals surface area contributed by atoms with Crippen LogP contribution in [0.3, 0.4) is 0 Å². The van der Waals surface area contributed by atoms with Crippen molar-refractivity contribution in [1.82, 2.24) is 15.1 Å². The molecule has 26 heavy (non-hydrogen) atoms. The lowest BCUT2D eigenvalue weighted by Gasteiger charge is -2.36. The monoisotopic (exact) mass is 365 g/mol. The summed E-state index contributed by atoms with van der Waals surface area (Å²) in [6, 6.07) is -0.553. The van der Waals surface area contributed by atoms with Crippen molar-refractivity contribution in [2.24, 2.45) is 5.92 Å². The molecule has 1 spiro atoms. The standard InChI is InChI=1S/C18H27N3O5/c1-13-7-3-4-8-18(13)16(24)21(17(25)19-18)11-15(23)26-12-14(22)20-9-5-2-6-10-20/h13H,2-12H2,1H3,(H,19,25)/t13-,18-/m1/s1. The first-order valence-corrected chi connectivity index (χ1v) is 9.51. The maximum absolute atomic E-state index is 12.8. The second kappa shape index (κ2) is 7.63. The lowest BCUT2D eigenvalue weighted by molar-refractivity contribution is -0.154. The maximum Gasteiger partial charge on any atom is 0.326 e. The fourth-order valence-electron chi connectivity index (χ4n) is 4.19. The first-order chi connectivity index (χ1) is 12.4. The van der Waals surface area contributed by atoms with E-state index in [1.165, 1.54) is 0 Å². The predicted molar refractivity (Wildman–Crippen MR) is 92.0 cm³/mol. The summed E-state index contributed by atoms with van der Waals surface area (Å²) in [5.41, 5.74) is -0.890. The number of hydrogen-bond acceptors (Lipinski definition) is 5. The van der Waals surface area contributed by atoms with E-state index in [4.69, 9.17) is 4.74 Å². The number of ether oxygens (including phenoxy) is 1. The van der Waals surface area contributed by atoms with Crippen molar-refractivity contribution in [3.63, 3.8) is 0 Å². The molecule has 8 nitrogen and oxygen atoms in total. The van der Waals surface area contributed by atoms with Crippen LogP contribution in [0.4, 0.5) is 4.79 Å². The number of amides is 4. The Morgan fingerprint density at radius 1 is 1.15 bits per heavy atom. The van der Waals surface area contributed by atoms with Gasteiger partial charge in [0, 0.05) is 13.1 Å². The molecule has 2 heterocycles. The molecule has 1 aliphatic carbocycles. The molecule has 0 aromatic heterocycles. The quantitative estimate of drug-likeness (QED) is 0.593. The van der Waals surface area contributed by atoms with Gasteiger partial charge in [0.1, 0.15) is 12.1 Å². The molecular formula is C18H27N3O5. The number of piperidine rings is 1. The normalized spacial score (nSPS) is 29.0. The molecular weight excluding hydrogens is 338 g/mol. The zero-order valence-electron chi connectivity index (χ0n) is 15.3. The Morgan fingerprint density at radius 2 is 1.88 bits per heavy atom. The van der Waals surface area contributed by atoms with Crippen LogP contribution in [-0.2, 0) is 19.1 Å². The van der Waals surface area contributed by atoms with Crippen LogP contribution in [0.1, 0.15) is 51.9 Å². The van der Waals surface area contributed by atoms with Gasteiger partial charge in [-0.15, -0.1) is 0 Å². The largest absolute Gasteiger partial charge is 0.454 e. The molecule has 0 aromatic rings. The van der Waals surface area contributed by atoms with Crippen LogP contribution in [0.5, 0.6) is 0 Å². The number of rotatable bonds is 4. The third-order valence-corrected chi connectivity index (χ3v) is 5.85. The fraction of sp³-hybridized carbons (Fsp3) is 0.778. The average Bonchev–Trinajstić information content (AvgIpc) is 2.88. The molecule has 1 saturated carbocycles. The second-order valence-electron chi connectivity index (χ2n) is 7.54. The number of imide groups is 1. The highest BCUT2D eigenvalue weighted by Gasteiger charge is 2.55. The fourth-order valence-corrected chi connectivity index (χ4v) is 4.19. The van der Waals surface area contributed by atoms with Gasteiger partial charge in [0.2, 0.25) is 0 Å². The summed E-state index contributed by atoms with van der Waals surface area (Å²) in [7, 11) is 0. The van der Waals surface area contributed by atoms with Crippen LogP contribution in [-0.4, -0.2) is 65.4 Å². The van der Waals surface area contributed by atoms with Gasteiger partial charge in [-0.3, -0.25) is 19.3 Å². The number of esters is 1. The Hall–Kier alpha value is -2.12. The summed E-state index contributed by atoms with van der Waals surface area (Å²) < 4.78 is 5.01. The van der Waals surface area contributed by atoms with E-state index in [-0.39, 0.29) is 24.3 Å². The Balaban J connectivity index is 1.53. The molecule has 0 aromatic carbocycles. The average molecular weight is 365 g/mol. The highest BCUT2D eigenvalue weighted by molar-refractivity contribution is 6.09. The molecule has 3 fully saturated rings. The SMILES string of the molecule is C[C@@H]1CCCC[C@@]12NC(=O)N(CC(=O)OCC(=O)N1CCCCC1)C2=O. The van der Waals surface area contributed by atoms with E-state index in [1.807, 2.05) is 6.92 Å². The molecule has 144 valence electrons. The van der Waals surface area contributed by atoms with E-state index >= 15 is 0 Å². The van der Waals surface area contributed by atoms with Crippen molar-refractivity contribution in [3.05, 3.63) is 0 Å². The molecule has 2 saturated heterocycles. The van der Waals surface area contributed by atoms with Crippen LogP contribution in [0.25, 0.3) is 0 Å². The lowest BCUT2D eigenvalue weighted by atomic mass is 9.73. The maximum atomic E-state index is 12.8. The summed E-state index contributed by atoms with van der Waals surface area (Å²) in [6.07, 6.45) is 6.40. The molecule has 0 unspecified atom stereocenters. The lowest BCUT2D eigenvalue weighted by Crippen LogP contribution is -2.54. The molecule has 4 amide bonds. The smallest absolute Gasteiger partial charge is 0.326 e. The van der Waals surface area contributed by atoms with Crippen LogP contribution in [0.2, 0.25) is 0 Å². The highest BCUT2D eigenvalue weighted by Crippen LogP contribution is 2.38. The van der Waals surface area contributed by atoms with Gasteiger partial charge in [-0.2, -0.15) is 0 Å². The van der Waals surface area contributed by atoms with Crippen molar-refractivity contribution in [3.8, 4) is 0 Å². The van der Waals surface area contributed by atoms with Gasteiger partial charge >= 0.3 is 12.0 Å². The summed E-state index contributed by atoms with van der Waals surface area (Å²) in [6.45, 7) is 2.53. The highest BCUT2D eigenvalue weighted by atomic mass is 16.5. The summed E-state index contributed by atoms with van der Waals surface area (Å²) in [5, 5.41) is 2.80. The molecule has 3 rings (SSSR count). The topological polar surface area (TPSA) is 96.0 Å². The van der Waals surface area contributed by atoms with Crippen LogP contribution in [0.15, 0.2) is 0 Å². The number of carbonyl (C=O) groups excluding carboxylic acids is 4. The minimum absolute atomic E-state index is 0.0365. The first kappa shape index (κ1) is 18.7. The third-order valence-electron chi connectivity index (χ3n) is 5.85. The Morgan fingerprint density at radius 3 is 2.58 bits per heavy atom. The van der Waals surface area contributed by atoms with Gasteiger partial charge in [0.25, 0.3) is 11.8 Å². The molecule has 0 bridgehead atoms. The van der Waals surface area contributed by atoms with Crippen molar-refractivity contribution in [2.75, 3.05) is 26.2 Å². The van der Waals surface area contributed by atoms with Crippen molar-refractivity contribution >= 4 is 23.8 Å². The molecule has 8 heteroatoms. The van der Waals surface area contributed by atoms with E-state index in [0.717, 1.165) is 43.4 Å². The zero-order valence-corrected chi connectivity index (χ0v) is 15.3. The summed E-state index contributed by atoms with van der Waals surface area (Å²) >= 11 is 0.